The lowest BCUT2D eigenvalue weighted by atomic mass is 10.0. The predicted molar refractivity (Wildman–Crippen MR) is 187 cm³/mol. The van der Waals surface area contributed by atoms with Gasteiger partial charge in [0, 0.05) is 41.4 Å². The smallest absolute Gasteiger partial charge is 0.326 e. The molecule has 0 aliphatic heterocycles. The number of rotatable bonds is 13. The van der Waals surface area contributed by atoms with Crippen LogP contribution < -0.4 is 25.6 Å². The van der Waals surface area contributed by atoms with Crippen molar-refractivity contribution >= 4 is 52.1 Å². The van der Waals surface area contributed by atoms with Gasteiger partial charge < -0.3 is 30.4 Å². The lowest BCUT2D eigenvalue weighted by molar-refractivity contribution is -0.136. The van der Waals surface area contributed by atoms with Gasteiger partial charge in [0.25, 0.3) is 0 Å². The number of aromatic amines is 1. The number of para-hydroxylation sites is 4. The first-order valence-corrected chi connectivity index (χ1v) is 15.4. The maximum Gasteiger partial charge on any atom is 0.326 e. The summed E-state index contributed by atoms with van der Waals surface area (Å²) in [5, 5.41) is 19.4. The molecule has 0 bridgehead atoms. The number of amides is 2. The number of aromatic nitrogens is 4. The number of ether oxygens (including phenoxy) is 1. The molecule has 2 aromatic heterocycles. The molecule has 12 heteroatoms. The van der Waals surface area contributed by atoms with Gasteiger partial charge >= 0.3 is 12.0 Å². The zero-order valence-corrected chi connectivity index (χ0v) is 26.2. The normalized spacial score (nSPS) is 10.8. The minimum atomic E-state index is -0.953. The molecule has 48 heavy (non-hydrogen) atoms. The zero-order chi connectivity index (χ0) is 33.3. The Labute approximate surface area is 276 Å². The van der Waals surface area contributed by atoms with Crippen molar-refractivity contribution in [2.45, 2.75) is 12.8 Å². The van der Waals surface area contributed by atoms with Crippen molar-refractivity contribution in [2.24, 2.45) is 0 Å². The number of benzene rings is 4. The van der Waals surface area contributed by atoms with E-state index in [-0.39, 0.29) is 30.8 Å². The lowest BCUT2D eigenvalue weighted by Gasteiger charge is -2.23. The van der Waals surface area contributed by atoms with E-state index in [4.69, 9.17) is 9.72 Å². The Morgan fingerprint density at radius 3 is 2.31 bits per heavy atom. The molecule has 5 N–H and O–H groups in total. The highest BCUT2D eigenvalue weighted by Crippen LogP contribution is 2.30. The molecule has 2 heterocycles. The van der Waals surface area contributed by atoms with Gasteiger partial charge in [-0.25, -0.2) is 4.79 Å². The number of carboxylic acid groups (broad SMARTS) is 1. The summed E-state index contributed by atoms with van der Waals surface area (Å²) in [6, 6.07) is 32.1. The number of methoxy groups -OCH3 is 1. The zero-order valence-electron chi connectivity index (χ0n) is 26.2. The molecular weight excluding hydrogens is 608 g/mol. The largest absolute Gasteiger partial charge is 0.495 e. The Balaban J connectivity index is 1.34. The molecule has 0 fully saturated rings. The first-order valence-electron chi connectivity index (χ1n) is 15.4. The van der Waals surface area contributed by atoms with Gasteiger partial charge in [-0.15, -0.1) is 0 Å². The van der Waals surface area contributed by atoms with Gasteiger partial charge in [-0.2, -0.15) is 15.0 Å². The third-order valence-corrected chi connectivity index (χ3v) is 7.67. The van der Waals surface area contributed by atoms with Crippen LogP contribution in [0.1, 0.15) is 12.0 Å². The van der Waals surface area contributed by atoms with E-state index in [9.17, 15) is 14.7 Å². The highest BCUT2D eigenvalue weighted by atomic mass is 16.5. The molecule has 6 aromatic rings. The summed E-state index contributed by atoms with van der Waals surface area (Å²) in [6.07, 6.45) is 2.40. The summed E-state index contributed by atoms with van der Waals surface area (Å²) < 4.78 is 5.36. The molecule has 0 unspecified atom stereocenters. The Hall–Kier alpha value is -6.43. The Morgan fingerprint density at radius 2 is 1.50 bits per heavy atom. The highest BCUT2D eigenvalue weighted by Gasteiger charge is 2.19. The van der Waals surface area contributed by atoms with Gasteiger partial charge in [-0.05, 0) is 41.8 Å². The number of anilines is 5. The standard InChI is InChI=1S/C36H34N8O4/c1-48-31-18-10-9-17-30(31)39-36(47)43-34-40-33(38-29-16-8-6-13-26(29)24-11-3-2-4-12-24)41-35(42-34)44(22-20-32(45)46)21-19-25-23-37-28-15-7-5-14-27(25)28/h2-18,23,37H,19-22H2,1H3,(H,45,46)(H3,38,39,40,41,42,43,47). The van der Waals surface area contributed by atoms with Crippen LogP contribution in [0, 0.1) is 0 Å². The van der Waals surface area contributed by atoms with E-state index in [2.05, 4.69) is 30.9 Å². The second kappa shape index (κ2) is 14.8. The monoisotopic (exact) mass is 642 g/mol. The van der Waals surface area contributed by atoms with E-state index in [1.807, 2.05) is 85.1 Å². The summed E-state index contributed by atoms with van der Waals surface area (Å²) in [4.78, 5) is 43.8. The molecule has 4 aromatic carbocycles. The number of urea groups is 1. The fourth-order valence-corrected chi connectivity index (χ4v) is 5.34. The first kappa shape index (κ1) is 31.5. The first-order chi connectivity index (χ1) is 23.5. The molecule has 0 spiro atoms. The third kappa shape index (κ3) is 7.68. The molecule has 0 atom stereocenters. The molecule has 2 amide bonds. The third-order valence-electron chi connectivity index (χ3n) is 7.67. The molecule has 6 rings (SSSR count). The summed E-state index contributed by atoms with van der Waals surface area (Å²) in [5.41, 5.74) is 5.20. The van der Waals surface area contributed by atoms with Gasteiger partial charge in [0.2, 0.25) is 17.8 Å². The number of nitrogens with one attached hydrogen (secondary N) is 4. The molecule has 0 saturated carbocycles. The van der Waals surface area contributed by atoms with Crippen LogP contribution >= 0.6 is 0 Å². The fraction of sp³-hybridized carbons (Fsp3) is 0.139. The van der Waals surface area contributed by atoms with E-state index < -0.39 is 12.0 Å². The number of hydrogen-bond acceptors (Lipinski definition) is 8. The van der Waals surface area contributed by atoms with E-state index in [0.29, 0.717) is 24.4 Å². The number of carbonyl (C=O) groups excluding carboxylic acids is 1. The number of H-pyrrole nitrogens is 1. The molecule has 0 saturated heterocycles. The maximum absolute atomic E-state index is 13.2. The van der Waals surface area contributed by atoms with Crippen LogP contribution in [0.3, 0.4) is 0 Å². The lowest BCUT2D eigenvalue weighted by Crippen LogP contribution is -2.31. The van der Waals surface area contributed by atoms with Gasteiger partial charge in [-0.3, -0.25) is 10.1 Å². The molecule has 0 aliphatic rings. The predicted octanol–water partition coefficient (Wildman–Crippen LogP) is 6.94. The van der Waals surface area contributed by atoms with Gasteiger partial charge in [0.05, 0.1) is 19.2 Å². The van der Waals surface area contributed by atoms with Crippen molar-refractivity contribution in [3.63, 3.8) is 0 Å². The van der Waals surface area contributed by atoms with Crippen molar-refractivity contribution in [1.82, 2.24) is 19.9 Å². The van der Waals surface area contributed by atoms with E-state index >= 15 is 0 Å². The van der Waals surface area contributed by atoms with Crippen LogP contribution in [-0.4, -0.2) is 57.2 Å². The fourth-order valence-electron chi connectivity index (χ4n) is 5.34. The number of nitrogens with zero attached hydrogens (tertiary/aromatic N) is 4. The minimum Gasteiger partial charge on any atom is -0.495 e. The average Bonchev–Trinajstić information content (AvgIpc) is 3.52. The number of carboxylic acids is 1. The summed E-state index contributed by atoms with van der Waals surface area (Å²) in [7, 11) is 1.52. The van der Waals surface area contributed by atoms with Crippen molar-refractivity contribution in [3.05, 3.63) is 115 Å². The second-order valence-electron chi connectivity index (χ2n) is 10.8. The van der Waals surface area contributed by atoms with Gasteiger partial charge in [0.1, 0.15) is 5.75 Å². The van der Waals surface area contributed by atoms with Crippen molar-refractivity contribution in [3.8, 4) is 16.9 Å². The summed E-state index contributed by atoms with van der Waals surface area (Å²) in [6.45, 7) is 0.542. The van der Waals surface area contributed by atoms with Crippen LogP contribution in [0.25, 0.3) is 22.0 Å². The average molecular weight is 643 g/mol. The molecule has 12 nitrogen and oxygen atoms in total. The molecule has 0 radical (unpaired) electrons. The van der Waals surface area contributed by atoms with Crippen LogP contribution in [0.15, 0.2) is 109 Å². The SMILES string of the molecule is COc1ccccc1NC(=O)Nc1nc(Nc2ccccc2-c2ccccc2)nc(N(CCC(=O)O)CCc2c[nH]c3ccccc23)n1. The quantitative estimate of drug-likeness (QED) is 0.0900. The molecule has 0 aliphatic carbocycles. The highest BCUT2D eigenvalue weighted by molar-refractivity contribution is 5.99. The summed E-state index contributed by atoms with van der Waals surface area (Å²) >= 11 is 0. The molecular formula is C36H34N8O4. The van der Waals surface area contributed by atoms with E-state index in [1.54, 1.807) is 29.2 Å². The topological polar surface area (TPSA) is 157 Å². The van der Waals surface area contributed by atoms with Gasteiger partial charge in [0.15, 0.2) is 0 Å². The minimum absolute atomic E-state index is 0.0282. The number of aliphatic carboxylic acids is 1. The van der Waals surface area contributed by atoms with Crippen LogP contribution in [0.2, 0.25) is 0 Å². The van der Waals surface area contributed by atoms with Crippen molar-refractivity contribution < 1.29 is 19.4 Å². The van der Waals surface area contributed by atoms with Crippen LogP contribution in [-0.2, 0) is 11.2 Å². The molecule has 242 valence electrons. The number of fused-ring (bicyclic) bond motifs is 1. The van der Waals surface area contributed by atoms with E-state index in [1.165, 1.54) is 7.11 Å². The van der Waals surface area contributed by atoms with Crippen molar-refractivity contribution in [2.75, 3.05) is 41.0 Å². The summed E-state index contributed by atoms with van der Waals surface area (Å²) in [5.74, 6) is -0.118. The Morgan fingerprint density at radius 1 is 0.792 bits per heavy atom. The second-order valence-corrected chi connectivity index (χ2v) is 10.8. The Bertz CT molecular complexity index is 2030. The number of carbonyl (C=O) groups is 2. The number of hydrogen-bond donors (Lipinski definition) is 5. The maximum atomic E-state index is 13.2. The van der Waals surface area contributed by atoms with Gasteiger partial charge in [-0.1, -0.05) is 78.9 Å². The van der Waals surface area contributed by atoms with Crippen LogP contribution in [0.4, 0.5) is 34.0 Å². The van der Waals surface area contributed by atoms with Crippen molar-refractivity contribution in [1.29, 1.82) is 0 Å². The van der Waals surface area contributed by atoms with E-state index in [0.717, 1.165) is 33.3 Å². The van der Waals surface area contributed by atoms with Crippen LogP contribution in [0.5, 0.6) is 5.75 Å². The Kier molecular flexibility index (Phi) is 9.71.